The molecule has 2 unspecified atom stereocenters. The molecule has 0 aliphatic heterocycles. The van der Waals surface area contributed by atoms with Gasteiger partial charge in [-0.1, -0.05) is 0 Å². The van der Waals surface area contributed by atoms with Crippen LogP contribution in [0, 0.1) is 5.82 Å². The maximum atomic E-state index is 12.9. The van der Waals surface area contributed by atoms with Crippen LogP contribution in [0.15, 0.2) is 29.6 Å². The van der Waals surface area contributed by atoms with Gasteiger partial charge in [0.1, 0.15) is 10.8 Å². The number of benzene rings is 1. The third kappa shape index (κ3) is 4.37. The quantitative estimate of drug-likeness (QED) is 0.860. The number of aromatic nitrogens is 1. The average molecular weight is 294 g/mol. The summed E-state index contributed by atoms with van der Waals surface area (Å²) in [6.45, 7) is 4.50. The minimum Gasteiger partial charge on any atom is -0.393 e. The predicted octanol–water partition coefficient (Wildman–Crippen LogP) is 3.20. The number of nitrogens with zero attached hydrogens (tertiary/aromatic N) is 1. The van der Waals surface area contributed by atoms with E-state index in [1.807, 2.05) is 12.3 Å². The third-order valence-electron chi connectivity index (χ3n) is 2.97. The molecule has 1 heterocycles. The monoisotopic (exact) mass is 294 g/mol. The number of aliphatic hydroxyl groups is 1. The molecule has 0 aliphatic carbocycles. The van der Waals surface area contributed by atoms with E-state index in [1.54, 1.807) is 30.4 Å². The van der Waals surface area contributed by atoms with Gasteiger partial charge in [0.2, 0.25) is 0 Å². The van der Waals surface area contributed by atoms with Crippen LogP contribution in [0.5, 0.6) is 0 Å². The van der Waals surface area contributed by atoms with E-state index >= 15 is 0 Å². The summed E-state index contributed by atoms with van der Waals surface area (Å²) in [5, 5.41) is 15.5. The van der Waals surface area contributed by atoms with Crippen LogP contribution in [0.2, 0.25) is 0 Å². The van der Waals surface area contributed by atoms with Gasteiger partial charge in [-0.05, 0) is 44.5 Å². The molecule has 20 heavy (non-hydrogen) atoms. The van der Waals surface area contributed by atoms with E-state index in [1.165, 1.54) is 12.1 Å². The van der Waals surface area contributed by atoms with Crippen molar-refractivity contribution in [1.29, 1.82) is 0 Å². The van der Waals surface area contributed by atoms with E-state index in [-0.39, 0.29) is 18.0 Å². The number of hydrogen-bond acceptors (Lipinski definition) is 4. The summed E-state index contributed by atoms with van der Waals surface area (Å²) in [7, 11) is 0. The lowest BCUT2D eigenvalue weighted by molar-refractivity contribution is 0.170. The molecule has 0 saturated heterocycles. The molecule has 0 aliphatic rings. The van der Waals surface area contributed by atoms with Crippen molar-refractivity contribution >= 4 is 11.3 Å². The minimum absolute atomic E-state index is 0.237. The molecule has 0 bridgehead atoms. The molecule has 0 fully saturated rings. The van der Waals surface area contributed by atoms with E-state index in [9.17, 15) is 9.50 Å². The number of nitrogens with one attached hydrogen (secondary N) is 1. The first-order valence-corrected chi connectivity index (χ1v) is 7.54. The van der Waals surface area contributed by atoms with Crippen LogP contribution in [0.1, 0.15) is 26.0 Å². The van der Waals surface area contributed by atoms with Crippen molar-refractivity contribution in [3.8, 4) is 10.6 Å². The zero-order chi connectivity index (χ0) is 14.5. The smallest absolute Gasteiger partial charge is 0.123 e. The van der Waals surface area contributed by atoms with Gasteiger partial charge in [-0.25, -0.2) is 9.37 Å². The molecule has 2 N–H and O–H groups in total. The lowest BCUT2D eigenvalue weighted by Crippen LogP contribution is -2.28. The number of rotatable bonds is 6. The number of hydrogen-bond donors (Lipinski definition) is 2. The lowest BCUT2D eigenvalue weighted by atomic mass is 10.1. The normalized spacial score (nSPS) is 14.2. The Morgan fingerprint density at radius 3 is 2.65 bits per heavy atom. The highest BCUT2D eigenvalue weighted by molar-refractivity contribution is 7.13. The highest BCUT2D eigenvalue weighted by Gasteiger charge is 2.08. The van der Waals surface area contributed by atoms with Crippen molar-refractivity contribution in [2.45, 2.75) is 39.0 Å². The molecule has 2 rings (SSSR count). The fourth-order valence-corrected chi connectivity index (χ4v) is 2.81. The molecular weight excluding hydrogens is 275 g/mol. The fraction of sp³-hybridized carbons (Fsp3) is 0.400. The minimum atomic E-state index is -0.303. The molecule has 1 aromatic heterocycles. The number of halogens is 1. The first-order chi connectivity index (χ1) is 9.54. The predicted molar refractivity (Wildman–Crippen MR) is 80.1 cm³/mol. The molecular formula is C15H19FN2OS. The Labute approximate surface area is 122 Å². The Morgan fingerprint density at radius 2 is 2.00 bits per heavy atom. The Bertz CT molecular complexity index is 539. The van der Waals surface area contributed by atoms with Gasteiger partial charge in [-0.3, -0.25) is 0 Å². The topological polar surface area (TPSA) is 45.1 Å². The second kappa shape index (κ2) is 6.92. The Balaban J connectivity index is 1.94. The summed E-state index contributed by atoms with van der Waals surface area (Å²) in [6, 6.07) is 6.60. The molecule has 0 saturated carbocycles. The van der Waals surface area contributed by atoms with Crippen LogP contribution in [-0.2, 0) is 6.54 Å². The molecule has 0 amide bonds. The van der Waals surface area contributed by atoms with Crippen LogP contribution in [0.4, 0.5) is 4.39 Å². The van der Waals surface area contributed by atoms with Gasteiger partial charge >= 0.3 is 0 Å². The van der Waals surface area contributed by atoms with Crippen molar-refractivity contribution in [3.05, 3.63) is 41.2 Å². The van der Waals surface area contributed by atoms with Gasteiger partial charge in [0.25, 0.3) is 0 Å². The molecule has 0 spiro atoms. The summed E-state index contributed by atoms with van der Waals surface area (Å²) in [5.41, 5.74) is 1.89. The summed E-state index contributed by atoms with van der Waals surface area (Å²) in [4.78, 5) is 4.53. The molecule has 3 nitrogen and oxygen atoms in total. The molecule has 108 valence electrons. The lowest BCUT2D eigenvalue weighted by Gasteiger charge is -2.14. The SMILES string of the molecule is CC(O)CC(C)NCc1csc(-c2ccc(F)cc2)n1. The van der Waals surface area contributed by atoms with Crippen LogP contribution < -0.4 is 5.32 Å². The van der Waals surface area contributed by atoms with Gasteiger partial charge in [0.15, 0.2) is 0 Å². The number of aliphatic hydroxyl groups excluding tert-OH is 1. The summed E-state index contributed by atoms with van der Waals surface area (Å²) < 4.78 is 12.9. The molecule has 2 atom stereocenters. The second-order valence-electron chi connectivity index (χ2n) is 5.02. The highest BCUT2D eigenvalue weighted by atomic mass is 32.1. The van der Waals surface area contributed by atoms with E-state index in [2.05, 4.69) is 10.3 Å². The third-order valence-corrected chi connectivity index (χ3v) is 3.91. The highest BCUT2D eigenvalue weighted by Crippen LogP contribution is 2.23. The first kappa shape index (κ1) is 15.1. The fourth-order valence-electron chi connectivity index (χ4n) is 1.99. The zero-order valence-corrected chi connectivity index (χ0v) is 12.5. The van der Waals surface area contributed by atoms with Gasteiger partial charge < -0.3 is 10.4 Å². The van der Waals surface area contributed by atoms with Crippen LogP contribution >= 0.6 is 11.3 Å². The van der Waals surface area contributed by atoms with E-state index in [4.69, 9.17) is 0 Å². The summed E-state index contributed by atoms with van der Waals surface area (Å²) in [6.07, 6.45) is 0.414. The van der Waals surface area contributed by atoms with Crippen molar-refractivity contribution in [2.75, 3.05) is 0 Å². The first-order valence-electron chi connectivity index (χ1n) is 6.66. The van der Waals surface area contributed by atoms with Crippen molar-refractivity contribution in [3.63, 3.8) is 0 Å². The largest absolute Gasteiger partial charge is 0.393 e. The summed E-state index contributed by atoms with van der Waals surface area (Å²) in [5.74, 6) is -0.237. The van der Waals surface area contributed by atoms with E-state index in [0.717, 1.165) is 22.7 Å². The average Bonchev–Trinajstić information content (AvgIpc) is 2.85. The van der Waals surface area contributed by atoms with Crippen molar-refractivity contribution in [1.82, 2.24) is 10.3 Å². The molecule has 0 radical (unpaired) electrons. The summed E-state index contributed by atoms with van der Waals surface area (Å²) >= 11 is 1.55. The van der Waals surface area contributed by atoms with E-state index in [0.29, 0.717) is 6.54 Å². The van der Waals surface area contributed by atoms with Gasteiger partial charge in [-0.2, -0.15) is 0 Å². The molecule has 2 aromatic rings. The second-order valence-corrected chi connectivity index (χ2v) is 5.88. The Hall–Kier alpha value is -1.30. The number of thiazole rings is 1. The van der Waals surface area contributed by atoms with E-state index < -0.39 is 0 Å². The van der Waals surface area contributed by atoms with Crippen molar-refractivity contribution in [2.24, 2.45) is 0 Å². The molecule has 1 aromatic carbocycles. The maximum absolute atomic E-state index is 12.9. The Kier molecular flexibility index (Phi) is 5.23. The standard InChI is InChI=1S/C15H19FN2OS/c1-10(7-11(2)19)17-8-14-9-20-15(18-14)12-3-5-13(16)6-4-12/h3-6,9-11,17,19H,7-8H2,1-2H3. The van der Waals surface area contributed by atoms with Gasteiger partial charge in [0, 0.05) is 23.5 Å². The van der Waals surface area contributed by atoms with Crippen LogP contribution in [-0.4, -0.2) is 22.2 Å². The van der Waals surface area contributed by atoms with Crippen LogP contribution in [0.25, 0.3) is 10.6 Å². The van der Waals surface area contributed by atoms with Gasteiger partial charge in [0.05, 0.1) is 11.8 Å². The maximum Gasteiger partial charge on any atom is 0.123 e. The van der Waals surface area contributed by atoms with Crippen molar-refractivity contribution < 1.29 is 9.50 Å². The zero-order valence-electron chi connectivity index (χ0n) is 11.6. The molecule has 5 heteroatoms. The van der Waals surface area contributed by atoms with Gasteiger partial charge in [-0.15, -0.1) is 11.3 Å². The Morgan fingerprint density at radius 1 is 1.30 bits per heavy atom. The van der Waals surface area contributed by atoms with Crippen LogP contribution in [0.3, 0.4) is 0 Å².